The second-order valence-corrected chi connectivity index (χ2v) is 5.10. The smallest absolute Gasteiger partial charge is 0.0458 e. The second-order valence-electron chi connectivity index (χ2n) is 5.10. The minimum atomic E-state index is -1.03. The van der Waals surface area contributed by atoms with E-state index in [1.165, 1.54) is 5.56 Å². The van der Waals surface area contributed by atoms with Crippen LogP contribution in [0.2, 0.25) is 0 Å². The third kappa shape index (κ3) is 4.63. The van der Waals surface area contributed by atoms with Crippen molar-refractivity contribution in [2.24, 2.45) is 5.41 Å². The van der Waals surface area contributed by atoms with E-state index in [2.05, 4.69) is 20.8 Å². The molecule has 0 unspecified atom stereocenters. The number of hydrogen-bond donors (Lipinski definition) is 0. The van der Waals surface area contributed by atoms with Crippen molar-refractivity contribution in [3.8, 4) is 0 Å². The predicted molar refractivity (Wildman–Crippen MR) is 58.3 cm³/mol. The van der Waals surface area contributed by atoms with Crippen molar-refractivity contribution in [2.75, 3.05) is 0 Å². The summed E-state index contributed by atoms with van der Waals surface area (Å²) in [6.07, 6.45) is 0.994. The topological polar surface area (TPSA) is 40.1 Å². The van der Waals surface area contributed by atoms with Gasteiger partial charge in [-0.05, 0) is 23.0 Å². The Labute approximate surface area is 90.9 Å². The molecule has 2 nitrogen and oxygen atoms in total. The molecule has 1 aromatic carbocycles. The summed E-state index contributed by atoms with van der Waals surface area (Å²) in [5, 5.41) is 10.4. The molecule has 0 amide bonds. The summed E-state index contributed by atoms with van der Waals surface area (Å²) < 4.78 is 0. The highest BCUT2D eigenvalue weighted by atomic mass is 16.4. The molecule has 2 heteroatoms. The van der Waals surface area contributed by atoms with Gasteiger partial charge >= 0.3 is 0 Å². The number of rotatable bonds is 3. The van der Waals surface area contributed by atoms with Crippen LogP contribution in [0.1, 0.15) is 31.9 Å². The predicted octanol–water partition coefficient (Wildman–Crippen LogP) is 1.57. The molecule has 0 aromatic heterocycles. The average Bonchev–Trinajstić information content (AvgIpc) is 2.05. The first-order valence-corrected chi connectivity index (χ1v) is 5.14. The van der Waals surface area contributed by atoms with Crippen LogP contribution in [0.5, 0.6) is 0 Å². The SMILES string of the molecule is CC(C)(C)Cc1ccc(CC(=O)[O-])cc1. The molecule has 0 saturated carbocycles. The summed E-state index contributed by atoms with van der Waals surface area (Å²) >= 11 is 0. The molecule has 15 heavy (non-hydrogen) atoms. The molecule has 0 atom stereocenters. The van der Waals surface area contributed by atoms with Crippen LogP contribution in [0.4, 0.5) is 0 Å². The number of carbonyl (C=O) groups is 1. The number of hydrogen-bond acceptors (Lipinski definition) is 2. The molecule has 0 N–H and O–H groups in total. The maximum absolute atomic E-state index is 10.4. The normalized spacial score (nSPS) is 11.4. The van der Waals surface area contributed by atoms with Gasteiger partial charge in [-0.1, -0.05) is 45.0 Å². The van der Waals surface area contributed by atoms with Crippen LogP contribution in [-0.4, -0.2) is 5.97 Å². The Morgan fingerprint density at radius 3 is 2.00 bits per heavy atom. The fraction of sp³-hybridized carbons (Fsp3) is 0.462. The van der Waals surface area contributed by atoms with Crippen LogP contribution in [0.25, 0.3) is 0 Å². The Bertz CT molecular complexity index is 331. The van der Waals surface area contributed by atoms with Gasteiger partial charge in [0.2, 0.25) is 0 Å². The first-order chi connectivity index (χ1) is 6.87. The number of carboxylic acids is 1. The fourth-order valence-electron chi connectivity index (χ4n) is 1.55. The highest BCUT2D eigenvalue weighted by Crippen LogP contribution is 2.20. The lowest BCUT2D eigenvalue weighted by atomic mass is 9.88. The summed E-state index contributed by atoms with van der Waals surface area (Å²) in [5.41, 5.74) is 2.30. The van der Waals surface area contributed by atoms with Crippen molar-refractivity contribution < 1.29 is 9.90 Å². The minimum Gasteiger partial charge on any atom is -0.550 e. The van der Waals surface area contributed by atoms with E-state index in [9.17, 15) is 9.90 Å². The van der Waals surface area contributed by atoms with Crippen molar-refractivity contribution >= 4 is 5.97 Å². The zero-order valence-electron chi connectivity index (χ0n) is 9.54. The number of carboxylic acid groups (broad SMARTS) is 1. The number of benzene rings is 1. The van der Waals surface area contributed by atoms with E-state index < -0.39 is 5.97 Å². The van der Waals surface area contributed by atoms with Crippen molar-refractivity contribution in [3.05, 3.63) is 35.4 Å². The van der Waals surface area contributed by atoms with Crippen LogP contribution in [0.3, 0.4) is 0 Å². The Hall–Kier alpha value is -1.31. The third-order valence-electron chi connectivity index (χ3n) is 2.11. The van der Waals surface area contributed by atoms with Crippen LogP contribution in [0, 0.1) is 5.41 Å². The van der Waals surface area contributed by atoms with Crippen LogP contribution < -0.4 is 5.11 Å². The molecule has 0 saturated heterocycles. The van der Waals surface area contributed by atoms with Crippen molar-refractivity contribution in [2.45, 2.75) is 33.6 Å². The quantitative estimate of drug-likeness (QED) is 0.751. The summed E-state index contributed by atoms with van der Waals surface area (Å²) in [6, 6.07) is 7.70. The van der Waals surface area contributed by atoms with E-state index >= 15 is 0 Å². The van der Waals surface area contributed by atoms with Gasteiger partial charge in [-0.15, -0.1) is 0 Å². The third-order valence-corrected chi connectivity index (χ3v) is 2.11. The molecule has 0 fully saturated rings. The van der Waals surface area contributed by atoms with E-state index in [-0.39, 0.29) is 11.8 Å². The average molecular weight is 205 g/mol. The maximum atomic E-state index is 10.4. The molecule has 0 bridgehead atoms. The van der Waals surface area contributed by atoms with Crippen LogP contribution in [-0.2, 0) is 17.6 Å². The highest BCUT2D eigenvalue weighted by molar-refractivity contribution is 5.67. The van der Waals surface area contributed by atoms with Gasteiger partial charge in [0, 0.05) is 12.4 Å². The lowest BCUT2D eigenvalue weighted by Gasteiger charge is -2.18. The first kappa shape index (κ1) is 11.8. The highest BCUT2D eigenvalue weighted by Gasteiger charge is 2.10. The van der Waals surface area contributed by atoms with E-state index in [0.717, 1.165) is 12.0 Å². The summed E-state index contributed by atoms with van der Waals surface area (Å²) in [4.78, 5) is 10.4. The van der Waals surface area contributed by atoms with Crippen LogP contribution >= 0.6 is 0 Å². The second kappa shape index (κ2) is 4.47. The molecule has 0 spiro atoms. The van der Waals surface area contributed by atoms with Gasteiger partial charge in [0.25, 0.3) is 0 Å². The molecule has 1 rings (SSSR count). The van der Waals surface area contributed by atoms with Gasteiger partial charge in [0.1, 0.15) is 0 Å². The monoisotopic (exact) mass is 205 g/mol. The maximum Gasteiger partial charge on any atom is 0.0458 e. The lowest BCUT2D eigenvalue weighted by Crippen LogP contribution is -2.24. The molecule has 82 valence electrons. The summed E-state index contributed by atoms with van der Waals surface area (Å²) in [7, 11) is 0. The molecule has 0 aliphatic heterocycles. The largest absolute Gasteiger partial charge is 0.550 e. The number of aliphatic carboxylic acids is 1. The molecular formula is C13H17O2-. The van der Waals surface area contributed by atoms with E-state index in [0.29, 0.717) is 0 Å². The summed E-state index contributed by atoms with van der Waals surface area (Å²) in [5.74, 6) is -1.03. The Kier molecular flexibility index (Phi) is 3.51. The van der Waals surface area contributed by atoms with E-state index in [4.69, 9.17) is 0 Å². The molecule has 0 heterocycles. The van der Waals surface area contributed by atoms with Gasteiger partial charge in [0.05, 0.1) is 0 Å². The van der Waals surface area contributed by atoms with Crippen molar-refractivity contribution in [1.29, 1.82) is 0 Å². The summed E-state index contributed by atoms with van der Waals surface area (Å²) in [6.45, 7) is 6.55. The van der Waals surface area contributed by atoms with Gasteiger partial charge in [-0.25, -0.2) is 0 Å². The standard InChI is InChI=1S/C13H18O2/c1-13(2,3)9-11-6-4-10(5-7-11)8-12(14)15/h4-7H,8-9H2,1-3H3,(H,14,15)/p-1. The lowest BCUT2D eigenvalue weighted by molar-refractivity contribution is -0.304. The van der Waals surface area contributed by atoms with Crippen molar-refractivity contribution in [3.63, 3.8) is 0 Å². The Morgan fingerprint density at radius 1 is 1.13 bits per heavy atom. The molecule has 0 aliphatic rings. The first-order valence-electron chi connectivity index (χ1n) is 5.14. The molecule has 0 aliphatic carbocycles. The van der Waals surface area contributed by atoms with Gasteiger partial charge in [0.15, 0.2) is 0 Å². The number of carbonyl (C=O) groups excluding carboxylic acids is 1. The Morgan fingerprint density at radius 2 is 1.60 bits per heavy atom. The molecule has 0 radical (unpaired) electrons. The molecule has 1 aromatic rings. The van der Waals surface area contributed by atoms with Gasteiger partial charge in [-0.3, -0.25) is 0 Å². The van der Waals surface area contributed by atoms with Gasteiger partial charge in [-0.2, -0.15) is 0 Å². The van der Waals surface area contributed by atoms with Crippen molar-refractivity contribution in [1.82, 2.24) is 0 Å². The zero-order valence-corrected chi connectivity index (χ0v) is 9.54. The Balaban J connectivity index is 2.68. The van der Waals surface area contributed by atoms with Gasteiger partial charge < -0.3 is 9.90 Å². The van der Waals surface area contributed by atoms with Crippen LogP contribution in [0.15, 0.2) is 24.3 Å². The zero-order chi connectivity index (χ0) is 11.5. The fourth-order valence-corrected chi connectivity index (χ4v) is 1.55. The van der Waals surface area contributed by atoms with E-state index in [1.54, 1.807) is 0 Å². The minimum absolute atomic E-state index is 0.00417. The van der Waals surface area contributed by atoms with E-state index in [1.807, 2.05) is 24.3 Å². The molecular weight excluding hydrogens is 188 g/mol.